The van der Waals surface area contributed by atoms with Gasteiger partial charge in [0.15, 0.2) is 11.6 Å². The molecular weight excluding hydrogens is 223 g/mol. The van der Waals surface area contributed by atoms with Crippen molar-refractivity contribution in [2.45, 2.75) is 13.3 Å². The molecule has 0 amide bonds. The summed E-state index contributed by atoms with van der Waals surface area (Å²) in [6.45, 7) is 2.64. The van der Waals surface area contributed by atoms with Crippen LogP contribution >= 0.6 is 0 Å². The number of aromatic nitrogens is 1. The molecule has 0 spiro atoms. The van der Waals surface area contributed by atoms with Crippen LogP contribution in [0.3, 0.4) is 0 Å². The van der Waals surface area contributed by atoms with Crippen molar-refractivity contribution in [3.63, 3.8) is 0 Å². The molecule has 0 saturated carbocycles. The summed E-state index contributed by atoms with van der Waals surface area (Å²) in [6, 6.07) is 1.13. The molecule has 1 N–H and O–H groups in total. The van der Waals surface area contributed by atoms with Crippen molar-refractivity contribution >= 4 is 11.8 Å². The van der Waals surface area contributed by atoms with E-state index < -0.39 is 17.3 Å². The summed E-state index contributed by atoms with van der Waals surface area (Å²) < 4.78 is 13.9. The summed E-state index contributed by atoms with van der Waals surface area (Å²) in [5.74, 6) is 0.229. The number of rotatable bonds is 5. The Labute approximate surface area is 99.1 Å². The molecule has 1 heterocycles. The Balaban J connectivity index is 3.15. The van der Waals surface area contributed by atoms with E-state index in [9.17, 15) is 9.18 Å². The van der Waals surface area contributed by atoms with Crippen molar-refractivity contribution in [3.8, 4) is 12.3 Å². The molecule has 5 heteroatoms. The number of hydrogen-bond acceptors (Lipinski definition) is 3. The predicted octanol–water partition coefficient (Wildman–Crippen LogP) is 1.77. The van der Waals surface area contributed by atoms with E-state index >= 15 is 0 Å². The molecule has 0 unspecified atom stereocenters. The maximum atomic E-state index is 13.9. The topological polar surface area (TPSA) is 53.4 Å². The van der Waals surface area contributed by atoms with Gasteiger partial charge in [-0.1, -0.05) is 12.8 Å². The first-order valence-electron chi connectivity index (χ1n) is 5.18. The summed E-state index contributed by atoms with van der Waals surface area (Å²) in [5, 5.41) is 8.81. The molecule has 4 nitrogen and oxygen atoms in total. The Bertz CT molecular complexity index is 454. The zero-order chi connectivity index (χ0) is 12.8. The second-order valence-electron chi connectivity index (χ2n) is 3.43. The first-order chi connectivity index (χ1) is 8.11. The van der Waals surface area contributed by atoms with Crippen LogP contribution in [0.2, 0.25) is 0 Å². The SMILES string of the molecule is C#CCN(CCC)c1nccc(C(=O)O)c1F. The monoisotopic (exact) mass is 236 g/mol. The first kappa shape index (κ1) is 13.0. The number of terminal acetylenes is 1. The lowest BCUT2D eigenvalue weighted by molar-refractivity contribution is 0.0692. The van der Waals surface area contributed by atoms with E-state index in [2.05, 4.69) is 10.9 Å². The molecular formula is C12H13FN2O2. The molecule has 1 rings (SSSR count). The number of carbonyl (C=O) groups is 1. The maximum absolute atomic E-state index is 13.9. The van der Waals surface area contributed by atoms with Gasteiger partial charge in [0.2, 0.25) is 0 Å². The lowest BCUT2D eigenvalue weighted by atomic mass is 10.2. The highest BCUT2D eigenvalue weighted by atomic mass is 19.1. The van der Waals surface area contributed by atoms with Crippen molar-refractivity contribution in [1.82, 2.24) is 4.98 Å². The predicted molar refractivity (Wildman–Crippen MR) is 62.5 cm³/mol. The summed E-state index contributed by atoms with van der Waals surface area (Å²) in [6.07, 6.45) is 7.22. The number of aromatic carboxylic acids is 1. The lowest BCUT2D eigenvalue weighted by Gasteiger charge is -2.21. The van der Waals surface area contributed by atoms with Crippen LogP contribution in [0.4, 0.5) is 10.2 Å². The molecule has 0 radical (unpaired) electrons. The molecule has 0 fully saturated rings. The number of carboxylic acids is 1. The summed E-state index contributed by atoms with van der Waals surface area (Å²) in [7, 11) is 0. The summed E-state index contributed by atoms with van der Waals surface area (Å²) >= 11 is 0. The smallest absolute Gasteiger partial charge is 0.338 e. The van der Waals surface area contributed by atoms with Crippen molar-refractivity contribution in [2.75, 3.05) is 18.0 Å². The molecule has 0 aliphatic rings. The van der Waals surface area contributed by atoms with Gasteiger partial charge in [-0.3, -0.25) is 0 Å². The van der Waals surface area contributed by atoms with Gasteiger partial charge >= 0.3 is 5.97 Å². The van der Waals surface area contributed by atoms with Gasteiger partial charge in [0.05, 0.1) is 6.54 Å². The third kappa shape index (κ3) is 2.94. The van der Waals surface area contributed by atoms with Gasteiger partial charge in [-0.2, -0.15) is 0 Å². The van der Waals surface area contributed by atoms with E-state index in [-0.39, 0.29) is 12.4 Å². The van der Waals surface area contributed by atoms with Crippen LogP contribution in [0.1, 0.15) is 23.7 Å². The molecule has 17 heavy (non-hydrogen) atoms. The average molecular weight is 236 g/mol. The second-order valence-corrected chi connectivity index (χ2v) is 3.43. The van der Waals surface area contributed by atoms with E-state index in [4.69, 9.17) is 11.5 Å². The third-order valence-corrected chi connectivity index (χ3v) is 2.18. The van der Waals surface area contributed by atoms with Crippen molar-refractivity contribution in [2.24, 2.45) is 0 Å². The largest absolute Gasteiger partial charge is 0.478 e. The molecule has 0 bridgehead atoms. The minimum Gasteiger partial charge on any atom is -0.478 e. The zero-order valence-electron chi connectivity index (χ0n) is 9.48. The van der Waals surface area contributed by atoms with Crippen LogP contribution in [0, 0.1) is 18.2 Å². The molecule has 0 aliphatic heterocycles. The van der Waals surface area contributed by atoms with Gasteiger partial charge < -0.3 is 10.0 Å². The maximum Gasteiger partial charge on any atom is 0.338 e. The molecule has 0 aliphatic carbocycles. The Kier molecular flexibility index (Phi) is 4.46. The number of hydrogen-bond donors (Lipinski definition) is 1. The Morgan fingerprint density at radius 3 is 2.94 bits per heavy atom. The fourth-order valence-corrected chi connectivity index (χ4v) is 1.46. The highest BCUT2D eigenvalue weighted by molar-refractivity contribution is 5.88. The van der Waals surface area contributed by atoms with Crippen molar-refractivity contribution < 1.29 is 14.3 Å². The van der Waals surface area contributed by atoms with Gasteiger partial charge in [-0.05, 0) is 12.5 Å². The van der Waals surface area contributed by atoms with E-state index in [1.807, 2.05) is 6.92 Å². The van der Waals surface area contributed by atoms with Crippen LogP contribution in [0.15, 0.2) is 12.3 Å². The van der Waals surface area contributed by atoms with E-state index in [1.54, 1.807) is 4.90 Å². The number of nitrogens with zero attached hydrogens (tertiary/aromatic N) is 2. The number of carboxylic acid groups (broad SMARTS) is 1. The molecule has 0 atom stereocenters. The first-order valence-corrected chi connectivity index (χ1v) is 5.18. The van der Waals surface area contributed by atoms with Gasteiger partial charge in [0, 0.05) is 12.7 Å². The number of anilines is 1. The molecule has 0 saturated heterocycles. The van der Waals surface area contributed by atoms with Crippen molar-refractivity contribution in [1.29, 1.82) is 0 Å². The fraction of sp³-hybridized carbons (Fsp3) is 0.333. The Morgan fingerprint density at radius 1 is 1.71 bits per heavy atom. The van der Waals surface area contributed by atoms with Crippen LogP contribution in [-0.2, 0) is 0 Å². The fourth-order valence-electron chi connectivity index (χ4n) is 1.46. The van der Waals surface area contributed by atoms with Crippen LogP contribution < -0.4 is 4.90 Å². The van der Waals surface area contributed by atoms with Crippen LogP contribution in [0.5, 0.6) is 0 Å². The van der Waals surface area contributed by atoms with Gasteiger partial charge in [0.1, 0.15) is 5.56 Å². The number of pyridine rings is 1. The third-order valence-electron chi connectivity index (χ3n) is 2.18. The number of halogens is 1. The molecule has 0 aromatic carbocycles. The van der Waals surface area contributed by atoms with Gasteiger partial charge in [-0.25, -0.2) is 14.2 Å². The zero-order valence-corrected chi connectivity index (χ0v) is 9.48. The minimum atomic E-state index is -1.32. The minimum absolute atomic E-state index is 0.00954. The molecule has 1 aromatic heterocycles. The summed E-state index contributed by atoms with van der Waals surface area (Å²) in [4.78, 5) is 16.2. The van der Waals surface area contributed by atoms with Crippen molar-refractivity contribution in [3.05, 3.63) is 23.6 Å². The highest BCUT2D eigenvalue weighted by Crippen LogP contribution is 2.19. The van der Waals surface area contributed by atoms with Gasteiger partial charge in [-0.15, -0.1) is 6.42 Å². The highest BCUT2D eigenvalue weighted by Gasteiger charge is 2.18. The Morgan fingerprint density at radius 2 is 2.41 bits per heavy atom. The van der Waals surface area contributed by atoms with E-state index in [0.717, 1.165) is 12.5 Å². The normalized spacial score (nSPS) is 9.71. The van der Waals surface area contributed by atoms with E-state index in [0.29, 0.717) is 6.54 Å². The quantitative estimate of drug-likeness (QED) is 0.791. The van der Waals surface area contributed by atoms with Crippen LogP contribution in [-0.4, -0.2) is 29.1 Å². The summed E-state index contributed by atoms with van der Waals surface area (Å²) in [5.41, 5.74) is -0.395. The second kappa shape index (κ2) is 5.85. The Hall–Kier alpha value is -2.09. The standard InChI is InChI=1S/C12H13FN2O2/c1-3-7-15(8-4-2)11-10(13)9(12(16)17)5-6-14-11/h1,5-6H,4,7-8H2,2H3,(H,16,17). The van der Waals surface area contributed by atoms with Crippen LogP contribution in [0.25, 0.3) is 0 Å². The van der Waals surface area contributed by atoms with Gasteiger partial charge in [0.25, 0.3) is 0 Å². The lowest BCUT2D eigenvalue weighted by Crippen LogP contribution is -2.27. The average Bonchev–Trinajstić information content (AvgIpc) is 2.29. The molecule has 90 valence electrons. The molecule has 1 aromatic rings. The van der Waals surface area contributed by atoms with E-state index in [1.165, 1.54) is 6.20 Å².